The van der Waals surface area contributed by atoms with Crippen molar-refractivity contribution in [3.63, 3.8) is 0 Å². The first-order valence-electron chi connectivity index (χ1n) is 6.11. The topological polar surface area (TPSA) is 45.2 Å². The Balaban J connectivity index is 2.09. The molecule has 1 amide bonds. The lowest BCUT2D eigenvalue weighted by Gasteiger charge is -2.32. The third-order valence-corrected chi connectivity index (χ3v) is 3.22. The predicted molar refractivity (Wildman–Crippen MR) is 67.0 cm³/mol. The summed E-state index contributed by atoms with van der Waals surface area (Å²) in [6, 6.07) is 5.99. The minimum Gasteiger partial charge on any atom is -0.336 e. The number of amides is 1. The minimum absolute atomic E-state index is 0.0497. The van der Waals surface area contributed by atoms with E-state index in [0.29, 0.717) is 11.7 Å². The van der Waals surface area contributed by atoms with Gasteiger partial charge in [-0.1, -0.05) is 6.07 Å². The van der Waals surface area contributed by atoms with Gasteiger partial charge in [-0.25, -0.2) is 4.98 Å². The summed E-state index contributed by atoms with van der Waals surface area (Å²) in [6.45, 7) is 3.53. The molecule has 1 aromatic heterocycles. The van der Waals surface area contributed by atoms with Crippen molar-refractivity contribution >= 4 is 5.91 Å². The fourth-order valence-corrected chi connectivity index (χ4v) is 2.22. The smallest absolute Gasteiger partial charge is 0.272 e. The Hall–Kier alpha value is -1.42. The van der Waals surface area contributed by atoms with Gasteiger partial charge in [0.05, 0.1) is 0 Å². The van der Waals surface area contributed by atoms with Gasteiger partial charge in [0.15, 0.2) is 0 Å². The fraction of sp³-hybridized carbons (Fsp3) is 0.538. The quantitative estimate of drug-likeness (QED) is 0.835. The number of likely N-dealkylation sites (N-methyl/N-ethyl adjacent to an activating group) is 1. The van der Waals surface area contributed by atoms with Gasteiger partial charge < -0.3 is 10.2 Å². The first-order chi connectivity index (χ1) is 8.20. The van der Waals surface area contributed by atoms with Crippen molar-refractivity contribution in [2.45, 2.75) is 25.8 Å². The maximum atomic E-state index is 12.2. The first kappa shape index (κ1) is 12.0. The normalized spacial score (nSPS) is 20.4. The number of aromatic nitrogens is 1. The second-order valence-electron chi connectivity index (χ2n) is 4.54. The van der Waals surface area contributed by atoms with Crippen LogP contribution in [0.1, 0.15) is 29.0 Å². The first-order valence-corrected chi connectivity index (χ1v) is 6.11. The number of likely N-dealkylation sites (tertiary alicyclic amines) is 1. The Kier molecular flexibility index (Phi) is 3.74. The average Bonchev–Trinajstić information content (AvgIpc) is 2.38. The number of nitrogens with zero attached hydrogens (tertiary/aromatic N) is 2. The van der Waals surface area contributed by atoms with Crippen molar-refractivity contribution in [3.8, 4) is 0 Å². The van der Waals surface area contributed by atoms with E-state index in [9.17, 15) is 4.79 Å². The number of hydrogen-bond donors (Lipinski definition) is 1. The molecular formula is C13H19N3O. The van der Waals surface area contributed by atoms with E-state index in [1.807, 2.05) is 31.0 Å². The summed E-state index contributed by atoms with van der Waals surface area (Å²) in [7, 11) is 1.95. The van der Waals surface area contributed by atoms with Crippen LogP contribution in [0.4, 0.5) is 0 Å². The van der Waals surface area contributed by atoms with E-state index in [0.717, 1.165) is 31.6 Å². The standard InChI is InChI=1S/C13H19N3O/c1-10-5-3-7-12(15-10)13(17)16-8-4-6-11(9-16)14-2/h3,5,7,11,14H,4,6,8-9H2,1-2H3/t11-/m1/s1. The molecule has 2 heterocycles. The highest BCUT2D eigenvalue weighted by atomic mass is 16.2. The van der Waals surface area contributed by atoms with Crippen LogP contribution in [0.3, 0.4) is 0 Å². The van der Waals surface area contributed by atoms with Crippen LogP contribution in [0.25, 0.3) is 0 Å². The summed E-state index contributed by atoms with van der Waals surface area (Å²) in [5.41, 5.74) is 1.44. The molecule has 2 rings (SSSR count). The van der Waals surface area contributed by atoms with Crippen molar-refractivity contribution in [1.82, 2.24) is 15.2 Å². The molecule has 4 nitrogen and oxygen atoms in total. The Morgan fingerprint density at radius 1 is 1.53 bits per heavy atom. The molecule has 4 heteroatoms. The average molecular weight is 233 g/mol. The summed E-state index contributed by atoms with van der Waals surface area (Å²) in [5.74, 6) is 0.0497. The molecule has 1 aromatic rings. The van der Waals surface area contributed by atoms with Crippen LogP contribution in [-0.2, 0) is 0 Å². The van der Waals surface area contributed by atoms with Crippen LogP contribution in [0.15, 0.2) is 18.2 Å². The van der Waals surface area contributed by atoms with Gasteiger partial charge >= 0.3 is 0 Å². The summed E-state index contributed by atoms with van der Waals surface area (Å²) in [6.07, 6.45) is 2.20. The minimum atomic E-state index is 0.0497. The van der Waals surface area contributed by atoms with Crippen LogP contribution in [0, 0.1) is 6.92 Å². The highest BCUT2D eigenvalue weighted by Crippen LogP contribution is 2.12. The third kappa shape index (κ3) is 2.82. The van der Waals surface area contributed by atoms with E-state index >= 15 is 0 Å². The lowest BCUT2D eigenvalue weighted by molar-refractivity contribution is 0.0692. The van der Waals surface area contributed by atoms with Crippen molar-refractivity contribution in [2.75, 3.05) is 20.1 Å². The molecule has 1 aliphatic rings. The van der Waals surface area contributed by atoms with Crippen LogP contribution < -0.4 is 5.32 Å². The molecule has 1 aliphatic heterocycles. The number of rotatable bonds is 2. The monoisotopic (exact) mass is 233 g/mol. The zero-order valence-corrected chi connectivity index (χ0v) is 10.4. The van der Waals surface area contributed by atoms with E-state index in [1.54, 1.807) is 6.07 Å². The third-order valence-electron chi connectivity index (χ3n) is 3.22. The molecule has 0 aromatic carbocycles. The van der Waals surface area contributed by atoms with Crippen molar-refractivity contribution in [2.24, 2.45) is 0 Å². The van der Waals surface area contributed by atoms with Crippen molar-refractivity contribution in [3.05, 3.63) is 29.6 Å². The lowest BCUT2D eigenvalue weighted by Crippen LogP contribution is -2.47. The van der Waals surface area contributed by atoms with Gasteiger partial charge in [0.25, 0.3) is 5.91 Å². The molecule has 0 aliphatic carbocycles. The SMILES string of the molecule is CN[C@@H]1CCCN(C(=O)c2cccc(C)n2)C1. The van der Waals surface area contributed by atoms with Gasteiger partial charge in [0.1, 0.15) is 5.69 Å². The number of nitrogens with one attached hydrogen (secondary N) is 1. The number of piperidine rings is 1. The maximum absolute atomic E-state index is 12.2. The maximum Gasteiger partial charge on any atom is 0.272 e. The van der Waals surface area contributed by atoms with Crippen LogP contribution in [0.5, 0.6) is 0 Å². The molecule has 1 fully saturated rings. The summed E-state index contributed by atoms with van der Waals surface area (Å²) in [5, 5.41) is 3.24. The molecule has 0 unspecified atom stereocenters. The number of carbonyl (C=O) groups is 1. The molecule has 0 spiro atoms. The van der Waals surface area contributed by atoms with Crippen LogP contribution in [-0.4, -0.2) is 42.0 Å². The summed E-state index contributed by atoms with van der Waals surface area (Å²) < 4.78 is 0. The van der Waals surface area contributed by atoms with E-state index in [2.05, 4.69) is 10.3 Å². The van der Waals surface area contributed by atoms with E-state index in [1.165, 1.54) is 0 Å². The zero-order valence-electron chi connectivity index (χ0n) is 10.4. The predicted octanol–water partition coefficient (Wildman–Crippen LogP) is 1.21. The number of carbonyl (C=O) groups excluding carboxylic acids is 1. The molecule has 17 heavy (non-hydrogen) atoms. The van der Waals surface area contributed by atoms with Gasteiger partial charge in [-0.3, -0.25) is 4.79 Å². The zero-order chi connectivity index (χ0) is 12.3. The number of aryl methyl sites for hydroxylation is 1. The highest BCUT2D eigenvalue weighted by molar-refractivity contribution is 5.92. The molecule has 92 valence electrons. The fourth-order valence-electron chi connectivity index (χ4n) is 2.22. The largest absolute Gasteiger partial charge is 0.336 e. The van der Waals surface area contributed by atoms with Crippen LogP contribution in [0.2, 0.25) is 0 Å². The van der Waals surface area contributed by atoms with Gasteiger partial charge in [-0.15, -0.1) is 0 Å². The Labute approximate surface area is 102 Å². The van der Waals surface area contributed by atoms with Crippen molar-refractivity contribution < 1.29 is 4.79 Å². The Morgan fingerprint density at radius 3 is 3.06 bits per heavy atom. The lowest BCUT2D eigenvalue weighted by atomic mass is 10.1. The number of hydrogen-bond acceptors (Lipinski definition) is 3. The van der Waals surface area contributed by atoms with Gasteiger partial charge in [0, 0.05) is 24.8 Å². The van der Waals surface area contributed by atoms with Crippen molar-refractivity contribution in [1.29, 1.82) is 0 Å². The Morgan fingerprint density at radius 2 is 2.35 bits per heavy atom. The number of pyridine rings is 1. The molecule has 0 radical (unpaired) electrons. The molecule has 0 saturated carbocycles. The van der Waals surface area contributed by atoms with Gasteiger partial charge in [-0.05, 0) is 38.9 Å². The molecule has 1 saturated heterocycles. The van der Waals surface area contributed by atoms with Gasteiger partial charge in [0.2, 0.25) is 0 Å². The molecular weight excluding hydrogens is 214 g/mol. The van der Waals surface area contributed by atoms with Crippen LogP contribution >= 0.6 is 0 Å². The Bertz CT molecular complexity index is 405. The molecule has 1 N–H and O–H groups in total. The highest BCUT2D eigenvalue weighted by Gasteiger charge is 2.24. The second-order valence-corrected chi connectivity index (χ2v) is 4.54. The summed E-state index contributed by atoms with van der Waals surface area (Å²) >= 11 is 0. The summed E-state index contributed by atoms with van der Waals surface area (Å²) in [4.78, 5) is 18.4. The van der Waals surface area contributed by atoms with E-state index in [4.69, 9.17) is 0 Å². The molecule has 1 atom stereocenters. The molecule has 0 bridgehead atoms. The van der Waals surface area contributed by atoms with Gasteiger partial charge in [-0.2, -0.15) is 0 Å². The van der Waals surface area contributed by atoms with E-state index < -0.39 is 0 Å². The van der Waals surface area contributed by atoms with E-state index in [-0.39, 0.29) is 5.91 Å². The second kappa shape index (κ2) is 5.27.